The first-order chi connectivity index (χ1) is 11.2. The molecule has 4 nitrogen and oxygen atoms in total. The van der Waals surface area contributed by atoms with Crippen molar-refractivity contribution in [3.63, 3.8) is 0 Å². The molecule has 23 heavy (non-hydrogen) atoms. The number of carbonyl (C=O) groups excluding carboxylic acids is 1. The van der Waals surface area contributed by atoms with Crippen LogP contribution in [0.25, 0.3) is 0 Å². The summed E-state index contributed by atoms with van der Waals surface area (Å²) in [7, 11) is 0. The standard InChI is InChI=1S/C19H24N2O2/c1-3-21(15-17-8-6-5-7-9-17)19(22)20-14-16-10-12-18(13-11-16)23-4-2/h5-13H,3-4,14-15H2,1-2H3,(H,20,22). The van der Waals surface area contributed by atoms with Gasteiger partial charge in [0.15, 0.2) is 0 Å². The van der Waals surface area contributed by atoms with Crippen molar-refractivity contribution in [2.24, 2.45) is 0 Å². The predicted molar refractivity (Wildman–Crippen MR) is 92.4 cm³/mol. The average molecular weight is 312 g/mol. The van der Waals surface area contributed by atoms with E-state index in [2.05, 4.69) is 5.32 Å². The minimum atomic E-state index is -0.0507. The van der Waals surface area contributed by atoms with E-state index >= 15 is 0 Å². The molecule has 0 unspecified atom stereocenters. The zero-order valence-corrected chi connectivity index (χ0v) is 13.8. The quantitative estimate of drug-likeness (QED) is 0.844. The van der Waals surface area contributed by atoms with Gasteiger partial charge in [0.1, 0.15) is 5.75 Å². The highest BCUT2D eigenvalue weighted by atomic mass is 16.5. The first-order valence-electron chi connectivity index (χ1n) is 8.01. The van der Waals surface area contributed by atoms with E-state index in [0.29, 0.717) is 26.2 Å². The minimum Gasteiger partial charge on any atom is -0.494 e. The normalized spacial score (nSPS) is 10.2. The third-order valence-corrected chi connectivity index (χ3v) is 3.56. The average Bonchev–Trinajstić information content (AvgIpc) is 2.60. The molecule has 2 aromatic carbocycles. The van der Waals surface area contributed by atoms with Crippen molar-refractivity contribution in [3.05, 3.63) is 65.7 Å². The van der Waals surface area contributed by atoms with Gasteiger partial charge in [-0.05, 0) is 37.1 Å². The van der Waals surface area contributed by atoms with Crippen LogP contribution in [0.1, 0.15) is 25.0 Å². The van der Waals surface area contributed by atoms with Gasteiger partial charge in [-0.1, -0.05) is 42.5 Å². The van der Waals surface area contributed by atoms with Crippen LogP contribution in [0.3, 0.4) is 0 Å². The Hall–Kier alpha value is -2.49. The van der Waals surface area contributed by atoms with Crippen LogP contribution >= 0.6 is 0 Å². The summed E-state index contributed by atoms with van der Waals surface area (Å²) in [4.78, 5) is 14.1. The zero-order chi connectivity index (χ0) is 16.5. The Morgan fingerprint density at radius 2 is 1.70 bits per heavy atom. The fourth-order valence-electron chi connectivity index (χ4n) is 2.29. The van der Waals surface area contributed by atoms with Crippen molar-refractivity contribution >= 4 is 6.03 Å². The van der Waals surface area contributed by atoms with Crippen LogP contribution in [-0.2, 0) is 13.1 Å². The van der Waals surface area contributed by atoms with Crippen LogP contribution in [0, 0.1) is 0 Å². The van der Waals surface area contributed by atoms with Crippen molar-refractivity contribution in [2.45, 2.75) is 26.9 Å². The summed E-state index contributed by atoms with van der Waals surface area (Å²) < 4.78 is 5.41. The van der Waals surface area contributed by atoms with E-state index in [-0.39, 0.29) is 6.03 Å². The molecule has 0 heterocycles. The summed E-state index contributed by atoms with van der Waals surface area (Å²) in [5.74, 6) is 0.849. The van der Waals surface area contributed by atoms with Crippen molar-refractivity contribution in [3.8, 4) is 5.75 Å². The summed E-state index contributed by atoms with van der Waals surface area (Å²) in [6.45, 7) is 6.40. The van der Waals surface area contributed by atoms with E-state index in [0.717, 1.165) is 16.9 Å². The Kier molecular flexibility index (Phi) is 6.48. The molecule has 2 rings (SSSR count). The number of rotatable bonds is 7. The lowest BCUT2D eigenvalue weighted by molar-refractivity contribution is 0.197. The fourth-order valence-corrected chi connectivity index (χ4v) is 2.29. The van der Waals surface area contributed by atoms with Gasteiger partial charge in [-0.25, -0.2) is 4.79 Å². The molecule has 0 atom stereocenters. The van der Waals surface area contributed by atoms with Gasteiger partial charge < -0.3 is 15.0 Å². The smallest absolute Gasteiger partial charge is 0.317 e. The van der Waals surface area contributed by atoms with Crippen LogP contribution in [0.2, 0.25) is 0 Å². The topological polar surface area (TPSA) is 41.6 Å². The van der Waals surface area contributed by atoms with E-state index in [4.69, 9.17) is 4.74 Å². The third-order valence-electron chi connectivity index (χ3n) is 3.56. The number of urea groups is 1. The minimum absolute atomic E-state index is 0.0507. The number of hydrogen-bond donors (Lipinski definition) is 1. The Morgan fingerprint density at radius 3 is 2.30 bits per heavy atom. The summed E-state index contributed by atoms with van der Waals surface area (Å²) in [6.07, 6.45) is 0. The summed E-state index contributed by atoms with van der Waals surface area (Å²) >= 11 is 0. The molecular formula is C19H24N2O2. The third kappa shape index (κ3) is 5.33. The maximum Gasteiger partial charge on any atom is 0.317 e. The van der Waals surface area contributed by atoms with Gasteiger partial charge in [0.2, 0.25) is 0 Å². The first kappa shape index (κ1) is 16.9. The second-order valence-corrected chi connectivity index (χ2v) is 5.24. The Bertz CT molecular complexity index is 597. The second-order valence-electron chi connectivity index (χ2n) is 5.24. The molecule has 0 aliphatic heterocycles. The highest BCUT2D eigenvalue weighted by molar-refractivity contribution is 5.74. The van der Waals surface area contributed by atoms with E-state index in [1.165, 1.54) is 0 Å². The van der Waals surface area contributed by atoms with Crippen molar-refractivity contribution in [1.82, 2.24) is 10.2 Å². The molecule has 0 aromatic heterocycles. The number of benzene rings is 2. The molecule has 2 amide bonds. The highest BCUT2D eigenvalue weighted by Gasteiger charge is 2.11. The summed E-state index contributed by atoms with van der Waals surface area (Å²) in [5, 5.41) is 2.97. The molecule has 122 valence electrons. The molecule has 0 radical (unpaired) electrons. The highest BCUT2D eigenvalue weighted by Crippen LogP contribution is 2.12. The number of nitrogens with one attached hydrogen (secondary N) is 1. The van der Waals surface area contributed by atoms with Gasteiger partial charge in [-0.15, -0.1) is 0 Å². The lowest BCUT2D eigenvalue weighted by Gasteiger charge is -2.21. The molecule has 0 saturated heterocycles. The van der Waals surface area contributed by atoms with Crippen LogP contribution < -0.4 is 10.1 Å². The van der Waals surface area contributed by atoms with Crippen molar-refractivity contribution in [1.29, 1.82) is 0 Å². The van der Waals surface area contributed by atoms with Crippen LogP contribution in [-0.4, -0.2) is 24.1 Å². The number of amides is 2. The molecule has 0 fully saturated rings. The molecule has 0 bridgehead atoms. The van der Waals surface area contributed by atoms with Gasteiger partial charge in [0.05, 0.1) is 6.61 Å². The maximum atomic E-state index is 12.3. The molecule has 0 aliphatic rings. The lowest BCUT2D eigenvalue weighted by Crippen LogP contribution is -2.39. The molecule has 1 N–H and O–H groups in total. The van der Waals surface area contributed by atoms with Gasteiger partial charge in [0.25, 0.3) is 0 Å². The van der Waals surface area contributed by atoms with E-state index in [1.807, 2.05) is 68.4 Å². The van der Waals surface area contributed by atoms with Crippen LogP contribution in [0.15, 0.2) is 54.6 Å². The maximum absolute atomic E-state index is 12.3. The molecule has 2 aromatic rings. The summed E-state index contributed by atoms with van der Waals surface area (Å²) in [5.41, 5.74) is 2.18. The lowest BCUT2D eigenvalue weighted by atomic mass is 10.2. The van der Waals surface area contributed by atoms with Gasteiger partial charge in [-0.3, -0.25) is 0 Å². The van der Waals surface area contributed by atoms with Gasteiger partial charge >= 0.3 is 6.03 Å². The SMILES string of the molecule is CCOc1ccc(CNC(=O)N(CC)Cc2ccccc2)cc1. The largest absolute Gasteiger partial charge is 0.494 e. The Labute approximate surface area is 138 Å². The molecule has 0 aliphatic carbocycles. The molecular weight excluding hydrogens is 288 g/mol. The van der Waals surface area contributed by atoms with E-state index < -0.39 is 0 Å². The number of hydrogen-bond acceptors (Lipinski definition) is 2. The molecule has 0 saturated carbocycles. The Balaban J connectivity index is 1.87. The van der Waals surface area contributed by atoms with Crippen LogP contribution in [0.5, 0.6) is 5.75 Å². The number of ether oxygens (including phenoxy) is 1. The zero-order valence-electron chi connectivity index (χ0n) is 13.8. The van der Waals surface area contributed by atoms with Gasteiger partial charge in [0, 0.05) is 19.6 Å². The van der Waals surface area contributed by atoms with Gasteiger partial charge in [-0.2, -0.15) is 0 Å². The fraction of sp³-hybridized carbons (Fsp3) is 0.316. The molecule has 0 spiro atoms. The number of nitrogens with zero attached hydrogens (tertiary/aromatic N) is 1. The van der Waals surface area contributed by atoms with E-state index in [9.17, 15) is 4.79 Å². The van der Waals surface area contributed by atoms with Crippen molar-refractivity contribution < 1.29 is 9.53 Å². The molecule has 4 heteroatoms. The van der Waals surface area contributed by atoms with E-state index in [1.54, 1.807) is 4.90 Å². The second kappa shape index (κ2) is 8.83. The van der Waals surface area contributed by atoms with Crippen molar-refractivity contribution in [2.75, 3.05) is 13.2 Å². The monoisotopic (exact) mass is 312 g/mol. The predicted octanol–water partition coefficient (Wildman–Crippen LogP) is 3.82. The van der Waals surface area contributed by atoms with Crippen LogP contribution in [0.4, 0.5) is 4.79 Å². The Morgan fingerprint density at radius 1 is 1.00 bits per heavy atom. The first-order valence-corrected chi connectivity index (χ1v) is 8.01. The number of carbonyl (C=O) groups is 1. The summed E-state index contributed by atoms with van der Waals surface area (Å²) in [6, 6.07) is 17.8.